The van der Waals surface area contributed by atoms with Crippen LogP contribution in [0.25, 0.3) is 0 Å². The zero-order valence-corrected chi connectivity index (χ0v) is 21.8. The Kier molecular flexibility index (Phi) is 9.62. The molecule has 0 spiro atoms. The fourth-order valence-electron chi connectivity index (χ4n) is 4.45. The first-order valence-electron chi connectivity index (χ1n) is 13.0. The number of aromatic amines is 2. The maximum atomic E-state index is 12.8. The van der Waals surface area contributed by atoms with Gasteiger partial charge in [-0.25, -0.2) is 4.98 Å². The summed E-state index contributed by atoms with van der Waals surface area (Å²) in [4.78, 5) is 25.1. The Morgan fingerprint density at radius 1 is 0.811 bits per heavy atom. The fourth-order valence-corrected chi connectivity index (χ4v) is 4.45. The molecule has 0 saturated carbocycles. The van der Waals surface area contributed by atoms with Crippen LogP contribution in [-0.4, -0.2) is 49.0 Å². The van der Waals surface area contributed by atoms with Crippen LogP contribution in [-0.2, 0) is 26.2 Å². The van der Waals surface area contributed by atoms with Gasteiger partial charge in [0.25, 0.3) is 5.91 Å². The molecule has 0 aliphatic rings. The van der Waals surface area contributed by atoms with E-state index in [4.69, 9.17) is 0 Å². The number of imidazole rings is 1. The normalized spacial score (nSPS) is 11.4. The van der Waals surface area contributed by atoms with Crippen LogP contribution in [0.2, 0.25) is 0 Å². The molecule has 8 nitrogen and oxygen atoms in total. The summed E-state index contributed by atoms with van der Waals surface area (Å²) in [5.74, 6) is 0.794. The summed E-state index contributed by atoms with van der Waals surface area (Å²) < 4.78 is 0. The SMILES string of the molecule is CCCN(CCC)Cc1ccc(NC(=O)c2ccc(CN(Cc3cc[nH]n3)Cc3ncc[nH]3)cc2)cc1. The number of hydrogen-bond acceptors (Lipinski definition) is 5. The third-order valence-electron chi connectivity index (χ3n) is 6.19. The number of H-pyrrole nitrogens is 2. The Morgan fingerprint density at radius 3 is 2.08 bits per heavy atom. The first kappa shape index (κ1) is 26.3. The minimum Gasteiger partial charge on any atom is -0.348 e. The van der Waals surface area contributed by atoms with Gasteiger partial charge in [-0.15, -0.1) is 0 Å². The minimum absolute atomic E-state index is 0.109. The molecule has 3 N–H and O–H groups in total. The van der Waals surface area contributed by atoms with Crippen LogP contribution in [0.15, 0.2) is 73.2 Å². The van der Waals surface area contributed by atoms with Gasteiger partial charge in [0.15, 0.2) is 0 Å². The summed E-state index contributed by atoms with van der Waals surface area (Å²) in [6.07, 6.45) is 7.72. The molecular weight excluding hydrogens is 462 g/mol. The third kappa shape index (κ3) is 8.13. The van der Waals surface area contributed by atoms with Crippen molar-refractivity contribution in [2.24, 2.45) is 0 Å². The number of carbonyl (C=O) groups is 1. The van der Waals surface area contributed by atoms with E-state index in [9.17, 15) is 4.79 Å². The van der Waals surface area contributed by atoms with Crippen LogP contribution >= 0.6 is 0 Å². The average Bonchev–Trinajstić information content (AvgIpc) is 3.61. The second-order valence-corrected chi connectivity index (χ2v) is 9.37. The summed E-state index contributed by atoms with van der Waals surface area (Å²) in [5, 5.41) is 10.2. The van der Waals surface area contributed by atoms with E-state index in [1.165, 1.54) is 5.56 Å². The van der Waals surface area contributed by atoms with Crippen LogP contribution in [0, 0.1) is 0 Å². The zero-order chi connectivity index (χ0) is 25.9. The second-order valence-electron chi connectivity index (χ2n) is 9.37. The summed E-state index contributed by atoms with van der Waals surface area (Å²) in [5.41, 5.74) is 4.79. The molecule has 0 saturated heterocycles. The van der Waals surface area contributed by atoms with Crippen LogP contribution < -0.4 is 5.32 Å². The summed E-state index contributed by atoms with van der Waals surface area (Å²) >= 11 is 0. The van der Waals surface area contributed by atoms with Crippen molar-refractivity contribution in [3.63, 3.8) is 0 Å². The molecule has 0 bridgehead atoms. The molecule has 0 aliphatic heterocycles. The van der Waals surface area contributed by atoms with Crippen LogP contribution in [0.5, 0.6) is 0 Å². The van der Waals surface area contributed by atoms with Crippen molar-refractivity contribution in [1.29, 1.82) is 0 Å². The lowest BCUT2D eigenvalue weighted by molar-refractivity contribution is 0.102. The van der Waals surface area contributed by atoms with E-state index < -0.39 is 0 Å². The molecule has 0 aliphatic carbocycles. The average molecular weight is 500 g/mol. The lowest BCUT2D eigenvalue weighted by Crippen LogP contribution is -2.24. The number of anilines is 1. The molecule has 0 radical (unpaired) electrons. The molecular formula is C29H37N7O. The lowest BCUT2D eigenvalue weighted by Gasteiger charge is -2.21. The van der Waals surface area contributed by atoms with Gasteiger partial charge in [-0.3, -0.25) is 19.7 Å². The van der Waals surface area contributed by atoms with E-state index in [0.717, 1.165) is 55.2 Å². The number of carbonyl (C=O) groups excluding carboxylic acids is 1. The van der Waals surface area contributed by atoms with E-state index in [1.54, 1.807) is 6.20 Å². The van der Waals surface area contributed by atoms with Gasteiger partial charge in [0.2, 0.25) is 0 Å². The number of hydrogen-bond donors (Lipinski definition) is 3. The molecule has 4 aromatic rings. The van der Waals surface area contributed by atoms with Gasteiger partial charge in [-0.1, -0.05) is 38.1 Å². The van der Waals surface area contributed by atoms with E-state index in [-0.39, 0.29) is 5.91 Å². The van der Waals surface area contributed by atoms with Gasteiger partial charge in [-0.2, -0.15) is 5.10 Å². The molecule has 2 aromatic heterocycles. The van der Waals surface area contributed by atoms with E-state index in [2.05, 4.69) is 61.3 Å². The largest absolute Gasteiger partial charge is 0.348 e. The van der Waals surface area contributed by atoms with Gasteiger partial charge in [0, 0.05) is 49.5 Å². The van der Waals surface area contributed by atoms with Gasteiger partial charge < -0.3 is 10.3 Å². The Hall–Kier alpha value is -3.75. The highest BCUT2D eigenvalue weighted by Crippen LogP contribution is 2.16. The molecule has 0 unspecified atom stereocenters. The Balaban J connectivity index is 1.34. The van der Waals surface area contributed by atoms with E-state index in [0.29, 0.717) is 25.2 Å². The number of amides is 1. The molecule has 4 rings (SSSR count). The Bertz CT molecular complexity index is 1140. The highest BCUT2D eigenvalue weighted by molar-refractivity contribution is 6.04. The van der Waals surface area contributed by atoms with Crippen molar-refractivity contribution in [2.75, 3.05) is 18.4 Å². The van der Waals surface area contributed by atoms with Crippen LogP contribution in [0.1, 0.15) is 59.7 Å². The van der Waals surface area contributed by atoms with E-state index >= 15 is 0 Å². The number of benzene rings is 2. The summed E-state index contributed by atoms with van der Waals surface area (Å²) in [7, 11) is 0. The topological polar surface area (TPSA) is 92.9 Å². The van der Waals surface area contributed by atoms with Gasteiger partial charge in [0.05, 0.1) is 12.2 Å². The van der Waals surface area contributed by atoms with Crippen molar-refractivity contribution in [2.45, 2.75) is 52.9 Å². The first-order chi connectivity index (χ1) is 18.1. The third-order valence-corrected chi connectivity index (χ3v) is 6.19. The summed E-state index contributed by atoms with van der Waals surface area (Å²) in [6, 6.07) is 17.9. The monoisotopic (exact) mass is 499 g/mol. The zero-order valence-electron chi connectivity index (χ0n) is 21.8. The first-order valence-corrected chi connectivity index (χ1v) is 13.0. The van der Waals surface area contributed by atoms with Crippen LogP contribution in [0.4, 0.5) is 5.69 Å². The van der Waals surface area contributed by atoms with Gasteiger partial charge in [0.1, 0.15) is 5.82 Å². The minimum atomic E-state index is -0.109. The number of aromatic nitrogens is 4. The van der Waals surface area contributed by atoms with Crippen molar-refractivity contribution in [1.82, 2.24) is 30.0 Å². The summed E-state index contributed by atoms with van der Waals surface area (Å²) in [6.45, 7) is 9.65. The quantitative estimate of drug-likeness (QED) is 0.221. The number of nitrogens with zero attached hydrogens (tertiary/aromatic N) is 4. The molecule has 194 valence electrons. The maximum absolute atomic E-state index is 12.8. The Labute approximate surface area is 219 Å². The van der Waals surface area contributed by atoms with Crippen LogP contribution in [0.3, 0.4) is 0 Å². The number of nitrogens with one attached hydrogen (secondary N) is 3. The molecule has 1 amide bonds. The predicted octanol–water partition coefficient (Wildman–Crippen LogP) is 5.21. The molecule has 8 heteroatoms. The van der Waals surface area contributed by atoms with Crippen molar-refractivity contribution in [3.05, 3.63) is 101 Å². The Morgan fingerprint density at radius 2 is 1.49 bits per heavy atom. The highest BCUT2D eigenvalue weighted by atomic mass is 16.1. The number of rotatable bonds is 14. The lowest BCUT2D eigenvalue weighted by atomic mass is 10.1. The molecule has 0 fully saturated rings. The van der Waals surface area contributed by atoms with Crippen molar-refractivity contribution < 1.29 is 4.79 Å². The molecule has 37 heavy (non-hydrogen) atoms. The van der Waals surface area contributed by atoms with Crippen molar-refractivity contribution >= 4 is 11.6 Å². The van der Waals surface area contributed by atoms with Gasteiger partial charge in [-0.05, 0) is 67.4 Å². The highest BCUT2D eigenvalue weighted by Gasteiger charge is 2.12. The smallest absolute Gasteiger partial charge is 0.255 e. The van der Waals surface area contributed by atoms with E-state index in [1.807, 2.05) is 54.9 Å². The predicted molar refractivity (Wildman–Crippen MR) is 147 cm³/mol. The van der Waals surface area contributed by atoms with Gasteiger partial charge >= 0.3 is 0 Å². The second kappa shape index (κ2) is 13.5. The molecule has 2 heterocycles. The molecule has 0 atom stereocenters. The standard InChI is InChI=1S/C29H37N7O/c1-3-17-35(18-4-2)19-24-7-11-26(12-8-24)33-29(37)25-9-5-23(6-10-25)20-36(21-27-13-14-32-34-27)22-28-30-15-16-31-28/h5-16H,3-4,17-22H2,1-2H3,(H,30,31)(H,32,34)(H,33,37). The van der Waals surface area contributed by atoms with Crippen molar-refractivity contribution in [3.8, 4) is 0 Å². The molecule has 2 aromatic carbocycles. The maximum Gasteiger partial charge on any atom is 0.255 e. The fraction of sp³-hybridized carbons (Fsp3) is 0.345.